The number of rotatable bonds is 8. The van der Waals surface area contributed by atoms with E-state index in [2.05, 4.69) is 17.4 Å². The fourth-order valence-electron chi connectivity index (χ4n) is 3.14. The minimum Gasteiger partial charge on any atom is -0.454 e. The topological polar surface area (TPSA) is 84.9 Å². The Morgan fingerprint density at radius 2 is 1.72 bits per heavy atom. The summed E-state index contributed by atoms with van der Waals surface area (Å²) < 4.78 is 36.3. The number of nitrogens with one attached hydrogen (secondary N) is 1. The van der Waals surface area contributed by atoms with Crippen molar-refractivity contribution in [3.05, 3.63) is 78.4 Å². The molecule has 0 bridgehead atoms. The maximum absolute atomic E-state index is 12.6. The summed E-state index contributed by atoms with van der Waals surface area (Å²) in [5, 5.41) is 2.76. The molecule has 3 aromatic rings. The first-order valence-electron chi connectivity index (χ1n) is 9.82. The minimum absolute atomic E-state index is 0.0813. The van der Waals surface area contributed by atoms with Crippen LogP contribution in [0, 0.1) is 0 Å². The number of benzene rings is 3. The second kappa shape index (κ2) is 9.54. The monoisotopic (exact) mass is 470 g/mol. The molecule has 0 atom stereocenters. The molecule has 0 radical (unpaired) electrons. The Hall–Kier alpha value is -3.17. The van der Waals surface area contributed by atoms with Crippen molar-refractivity contribution >= 4 is 39.1 Å². The van der Waals surface area contributed by atoms with Crippen LogP contribution in [0.15, 0.2) is 77.7 Å². The van der Waals surface area contributed by atoms with Crippen LogP contribution in [-0.2, 0) is 20.6 Å². The largest absolute Gasteiger partial charge is 0.454 e. The summed E-state index contributed by atoms with van der Waals surface area (Å²) in [4.78, 5) is 13.8. The fourth-order valence-corrected chi connectivity index (χ4v) is 4.86. The number of fused-ring (bicyclic) bond motifs is 1. The third-order valence-electron chi connectivity index (χ3n) is 4.72. The highest BCUT2D eigenvalue weighted by molar-refractivity contribution is 7.98. The molecule has 0 spiro atoms. The predicted molar refractivity (Wildman–Crippen MR) is 126 cm³/mol. The Kier molecular flexibility index (Phi) is 6.57. The second-order valence-electron chi connectivity index (χ2n) is 7.15. The quantitative estimate of drug-likeness (QED) is 0.499. The third-order valence-corrected chi connectivity index (χ3v) is 6.94. The Bertz CT molecular complexity index is 1200. The van der Waals surface area contributed by atoms with Gasteiger partial charge < -0.3 is 14.8 Å². The lowest BCUT2D eigenvalue weighted by Crippen LogP contribution is -2.37. The molecule has 1 aliphatic heterocycles. The molecule has 7 nitrogen and oxygen atoms in total. The van der Waals surface area contributed by atoms with E-state index in [1.54, 1.807) is 30.0 Å². The van der Waals surface area contributed by atoms with Crippen molar-refractivity contribution in [2.24, 2.45) is 0 Å². The van der Waals surface area contributed by atoms with Crippen LogP contribution in [-0.4, -0.2) is 33.9 Å². The smallest absolute Gasteiger partial charge is 0.245 e. The highest BCUT2D eigenvalue weighted by Crippen LogP contribution is 2.36. The highest BCUT2D eigenvalue weighted by Gasteiger charge is 2.23. The Morgan fingerprint density at radius 1 is 1.00 bits per heavy atom. The molecule has 0 unspecified atom stereocenters. The minimum atomic E-state index is -3.69. The molecule has 3 aromatic carbocycles. The molecule has 4 rings (SSSR count). The van der Waals surface area contributed by atoms with Crippen LogP contribution in [0.25, 0.3) is 0 Å². The molecule has 0 aliphatic carbocycles. The Labute approximate surface area is 191 Å². The van der Waals surface area contributed by atoms with Crippen LogP contribution in [0.2, 0.25) is 0 Å². The Balaban J connectivity index is 1.39. The van der Waals surface area contributed by atoms with Gasteiger partial charge in [0.15, 0.2) is 11.5 Å². The van der Waals surface area contributed by atoms with E-state index < -0.39 is 15.9 Å². The maximum atomic E-state index is 12.6. The van der Waals surface area contributed by atoms with Crippen LogP contribution in [0.4, 0.5) is 11.4 Å². The number of ether oxygens (including phenoxy) is 2. The fraction of sp³-hybridized carbons (Fsp3) is 0.174. The van der Waals surface area contributed by atoms with E-state index in [4.69, 9.17) is 9.47 Å². The van der Waals surface area contributed by atoms with Crippen molar-refractivity contribution in [3.8, 4) is 11.5 Å². The first kappa shape index (κ1) is 22.0. The van der Waals surface area contributed by atoms with E-state index in [1.807, 2.05) is 42.5 Å². The third kappa shape index (κ3) is 5.54. The summed E-state index contributed by atoms with van der Waals surface area (Å²) in [6.07, 6.45) is 1.06. The van der Waals surface area contributed by atoms with Crippen molar-refractivity contribution in [1.29, 1.82) is 0 Å². The molecule has 1 amide bonds. The number of carbonyl (C=O) groups excluding carboxylic acids is 1. The molecule has 0 saturated heterocycles. The number of hydrogen-bond acceptors (Lipinski definition) is 6. The summed E-state index contributed by atoms with van der Waals surface area (Å²) in [7, 11) is -3.69. The summed E-state index contributed by atoms with van der Waals surface area (Å²) in [6.45, 7) is -0.276. The number of amides is 1. The van der Waals surface area contributed by atoms with Gasteiger partial charge in [0.05, 0.1) is 11.9 Å². The van der Waals surface area contributed by atoms with E-state index in [0.29, 0.717) is 22.9 Å². The van der Waals surface area contributed by atoms with Gasteiger partial charge in [0.25, 0.3) is 0 Å². The van der Waals surface area contributed by atoms with Gasteiger partial charge >= 0.3 is 0 Å². The molecule has 32 heavy (non-hydrogen) atoms. The molecule has 1 N–H and O–H groups in total. The number of hydrogen-bond donors (Lipinski definition) is 1. The number of anilines is 2. The SMILES string of the molecule is CS(=O)(=O)N(CC(=O)Nc1ccc(CSc2ccccc2)cc1)c1ccc2c(c1)OCO2. The van der Waals surface area contributed by atoms with Crippen molar-refractivity contribution < 1.29 is 22.7 Å². The molecule has 0 fully saturated rings. The lowest BCUT2D eigenvalue weighted by molar-refractivity contribution is -0.114. The van der Waals surface area contributed by atoms with Gasteiger partial charge in [-0.1, -0.05) is 30.3 Å². The van der Waals surface area contributed by atoms with Crippen LogP contribution in [0.5, 0.6) is 11.5 Å². The molecule has 9 heteroatoms. The molecular weight excluding hydrogens is 448 g/mol. The van der Waals surface area contributed by atoms with E-state index in [9.17, 15) is 13.2 Å². The number of carbonyl (C=O) groups is 1. The number of nitrogens with zero attached hydrogens (tertiary/aromatic N) is 1. The van der Waals surface area contributed by atoms with Gasteiger partial charge in [-0.05, 0) is 42.0 Å². The van der Waals surface area contributed by atoms with Crippen LogP contribution in [0.3, 0.4) is 0 Å². The van der Waals surface area contributed by atoms with Gasteiger partial charge in [-0.25, -0.2) is 8.42 Å². The van der Waals surface area contributed by atoms with Crippen molar-refractivity contribution in [2.75, 3.05) is 29.2 Å². The lowest BCUT2D eigenvalue weighted by Gasteiger charge is -2.22. The van der Waals surface area contributed by atoms with E-state index in [0.717, 1.165) is 21.9 Å². The summed E-state index contributed by atoms with van der Waals surface area (Å²) in [6, 6.07) is 22.4. The van der Waals surface area contributed by atoms with Crippen molar-refractivity contribution in [2.45, 2.75) is 10.6 Å². The first-order valence-corrected chi connectivity index (χ1v) is 12.7. The average molecular weight is 471 g/mol. The molecule has 0 aromatic heterocycles. The normalized spacial score (nSPS) is 12.4. The van der Waals surface area contributed by atoms with E-state index in [-0.39, 0.29) is 13.3 Å². The molecule has 1 aliphatic rings. The van der Waals surface area contributed by atoms with Gasteiger partial charge in [-0.2, -0.15) is 0 Å². The Morgan fingerprint density at radius 3 is 2.44 bits per heavy atom. The van der Waals surface area contributed by atoms with Gasteiger partial charge in [0, 0.05) is 22.4 Å². The molecule has 1 heterocycles. The summed E-state index contributed by atoms with van der Waals surface area (Å²) in [5.74, 6) is 1.35. The van der Waals surface area contributed by atoms with Gasteiger partial charge in [0.1, 0.15) is 6.54 Å². The zero-order valence-electron chi connectivity index (χ0n) is 17.4. The average Bonchev–Trinajstić information content (AvgIpc) is 3.25. The molecular formula is C23H22N2O5S2. The summed E-state index contributed by atoms with van der Waals surface area (Å²) in [5.41, 5.74) is 2.05. The zero-order valence-corrected chi connectivity index (χ0v) is 19.0. The first-order chi connectivity index (χ1) is 15.4. The highest BCUT2D eigenvalue weighted by atomic mass is 32.2. The second-order valence-corrected chi connectivity index (χ2v) is 10.1. The van der Waals surface area contributed by atoms with Crippen LogP contribution < -0.4 is 19.1 Å². The zero-order chi connectivity index (χ0) is 22.6. The number of thioether (sulfide) groups is 1. The van der Waals surface area contributed by atoms with Crippen molar-refractivity contribution in [1.82, 2.24) is 0 Å². The standard InChI is InChI=1S/C23H22N2O5S2/c1-32(27,28)25(19-11-12-21-22(13-19)30-16-29-21)14-23(26)24-18-9-7-17(8-10-18)15-31-20-5-3-2-4-6-20/h2-13H,14-16H2,1H3,(H,24,26). The van der Waals surface area contributed by atoms with Gasteiger partial charge in [-0.15, -0.1) is 11.8 Å². The van der Waals surface area contributed by atoms with Gasteiger partial charge in [-0.3, -0.25) is 9.10 Å². The maximum Gasteiger partial charge on any atom is 0.245 e. The van der Waals surface area contributed by atoms with Crippen molar-refractivity contribution in [3.63, 3.8) is 0 Å². The van der Waals surface area contributed by atoms with Crippen LogP contribution >= 0.6 is 11.8 Å². The lowest BCUT2D eigenvalue weighted by atomic mass is 10.2. The molecule has 166 valence electrons. The van der Waals surface area contributed by atoms with Crippen LogP contribution in [0.1, 0.15) is 5.56 Å². The predicted octanol–water partition coefficient (Wildman–Crippen LogP) is 4.11. The summed E-state index contributed by atoms with van der Waals surface area (Å²) >= 11 is 1.73. The molecule has 0 saturated carbocycles. The van der Waals surface area contributed by atoms with E-state index in [1.165, 1.54) is 4.90 Å². The van der Waals surface area contributed by atoms with Gasteiger partial charge in [0.2, 0.25) is 22.7 Å². The van der Waals surface area contributed by atoms with E-state index >= 15 is 0 Å². The number of sulfonamides is 1.